The van der Waals surface area contributed by atoms with E-state index in [4.69, 9.17) is 22.7 Å². The Hall–Kier alpha value is -1.20. The lowest BCUT2D eigenvalue weighted by Crippen LogP contribution is -2.23. The summed E-state index contributed by atoms with van der Waals surface area (Å²) >= 11 is 4.84. The first-order valence-corrected chi connectivity index (χ1v) is 5.60. The second kappa shape index (κ2) is 6.40. The van der Waals surface area contributed by atoms with Gasteiger partial charge in [-0.3, -0.25) is 4.98 Å². The molecule has 2 N–H and O–H groups in total. The number of likely N-dealkylation sites (N-methyl/N-ethyl adjacent to an activating group) is 1. The van der Waals surface area contributed by atoms with Crippen molar-refractivity contribution in [2.75, 3.05) is 31.7 Å². The van der Waals surface area contributed by atoms with Crippen LogP contribution in [0.15, 0.2) is 18.3 Å². The quantitative estimate of drug-likeness (QED) is 0.597. The zero-order valence-corrected chi connectivity index (χ0v) is 10.5. The molecule has 1 rings (SSSR count). The van der Waals surface area contributed by atoms with Crippen LogP contribution in [0, 0.1) is 0 Å². The second-order valence-electron chi connectivity index (χ2n) is 3.38. The van der Waals surface area contributed by atoms with Crippen LogP contribution in [-0.4, -0.2) is 36.8 Å². The number of hydrogen-bond acceptors (Lipinski definition) is 4. The fourth-order valence-corrected chi connectivity index (χ4v) is 1.35. The summed E-state index contributed by atoms with van der Waals surface area (Å²) in [6, 6.07) is 3.78. The molecule has 0 aliphatic heterocycles. The number of aromatic nitrogens is 1. The van der Waals surface area contributed by atoms with Crippen molar-refractivity contribution in [2.45, 2.75) is 6.92 Å². The average molecular weight is 239 g/mol. The van der Waals surface area contributed by atoms with E-state index < -0.39 is 0 Å². The fraction of sp³-hybridized carbons (Fsp3) is 0.455. The lowest BCUT2D eigenvalue weighted by molar-refractivity contribution is 0.154. The number of thiocarbonyl (C=S) groups is 1. The van der Waals surface area contributed by atoms with Crippen molar-refractivity contribution in [3.05, 3.63) is 24.0 Å². The Labute approximate surface area is 101 Å². The summed E-state index contributed by atoms with van der Waals surface area (Å²) < 4.78 is 5.28. The Bertz CT molecular complexity index is 340. The van der Waals surface area contributed by atoms with E-state index in [-0.39, 0.29) is 0 Å². The number of nitrogens with zero attached hydrogens (tertiary/aromatic N) is 2. The van der Waals surface area contributed by atoms with Crippen molar-refractivity contribution >= 4 is 22.9 Å². The van der Waals surface area contributed by atoms with Crippen molar-refractivity contribution in [1.82, 2.24) is 4.98 Å². The highest BCUT2D eigenvalue weighted by Crippen LogP contribution is 2.10. The van der Waals surface area contributed by atoms with Crippen LogP contribution in [0.25, 0.3) is 0 Å². The molecular weight excluding hydrogens is 222 g/mol. The highest BCUT2D eigenvalue weighted by Gasteiger charge is 2.02. The smallest absolute Gasteiger partial charge is 0.122 e. The summed E-state index contributed by atoms with van der Waals surface area (Å²) in [5.74, 6) is 0. The molecular formula is C11H17N3OS. The standard InChI is InChI=1S/C11H17N3OS/c1-3-15-7-6-14(2)9-4-5-10(11(12)16)13-8-9/h4-5,8H,3,6-7H2,1-2H3,(H2,12,16). The molecule has 1 aromatic heterocycles. The van der Waals surface area contributed by atoms with Gasteiger partial charge in [-0.25, -0.2) is 0 Å². The molecule has 0 saturated heterocycles. The van der Waals surface area contributed by atoms with Crippen LogP contribution >= 0.6 is 12.2 Å². The third-order valence-electron chi connectivity index (χ3n) is 2.22. The maximum absolute atomic E-state index is 5.47. The second-order valence-corrected chi connectivity index (χ2v) is 3.82. The fourth-order valence-electron chi connectivity index (χ4n) is 1.23. The highest BCUT2D eigenvalue weighted by molar-refractivity contribution is 7.80. The molecule has 88 valence electrons. The van der Waals surface area contributed by atoms with Crippen molar-refractivity contribution in [2.24, 2.45) is 5.73 Å². The summed E-state index contributed by atoms with van der Waals surface area (Å²) in [6.45, 7) is 4.27. The summed E-state index contributed by atoms with van der Waals surface area (Å²) in [6.07, 6.45) is 1.76. The Morgan fingerprint density at radius 2 is 2.31 bits per heavy atom. The lowest BCUT2D eigenvalue weighted by Gasteiger charge is -2.18. The van der Waals surface area contributed by atoms with Gasteiger partial charge in [0.25, 0.3) is 0 Å². The predicted molar refractivity (Wildman–Crippen MR) is 69.9 cm³/mol. The molecule has 16 heavy (non-hydrogen) atoms. The van der Waals surface area contributed by atoms with E-state index in [2.05, 4.69) is 9.88 Å². The minimum Gasteiger partial charge on any atom is -0.388 e. The number of nitrogens with two attached hydrogens (primary N) is 1. The first-order valence-electron chi connectivity index (χ1n) is 5.20. The lowest BCUT2D eigenvalue weighted by atomic mass is 10.3. The Balaban J connectivity index is 2.56. The summed E-state index contributed by atoms with van der Waals surface area (Å²) in [4.78, 5) is 6.58. The monoisotopic (exact) mass is 239 g/mol. The molecule has 0 aliphatic carbocycles. The zero-order chi connectivity index (χ0) is 12.0. The van der Waals surface area contributed by atoms with Gasteiger partial charge in [0.05, 0.1) is 24.2 Å². The largest absolute Gasteiger partial charge is 0.388 e. The van der Waals surface area contributed by atoms with Crippen LogP contribution in [0.2, 0.25) is 0 Å². The molecule has 0 atom stereocenters. The number of anilines is 1. The van der Waals surface area contributed by atoms with Gasteiger partial charge in [0.2, 0.25) is 0 Å². The van der Waals surface area contributed by atoms with Crippen LogP contribution in [0.5, 0.6) is 0 Å². The van der Waals surface area contributed by atoms with E-state index in [9.17, 15) is 0 Å². The maximum Gasteiger partial charge on any atom is 0.122 e. The van der Waals surface area contributed by atoms with Gasteiger partial charge in [0.1, 0.15) is 4.99 Å². The molecule has 4 nitrogen and oxygen atoms in total. The molecule has 0 unspecified atom stereocenters. The molecule has 1 heterocycles. The minimum atomic E-state index is 0.323. The van der Waals surface area contributed by atoms with Crippen LogP contribution in [0.1, 0.15) is 12.6 Å². The average Bonchev–Trinajstić information content (AvgIpc) is 2.29. The minimum absolute atomic E-state index is 0.323. The van der Waals surface area contributed by atoms with Gasteiger partial charge in [-0.2, -0.15) is 0 Å². The van der Waals surface area contributed by atoms with Gasteiger partial charge in [-0.15, -0.1) is 0 Å². The van der Waals surface area contributed by atoms with Crippen molar-refractivity contribution in [1.29, 1.82) is 0 Å². The summed E-state index contributed by atoms with van der Waals surface area (Å²) in [7, 11) is 2.00. The molecule has 0 spiro atoms. The third-order valence-corrected chi connectivity index (χ3v) is 2.43. The van der Waals surface area contributed by atoms with Gasteiger partial charge in [0.15, 0.2) is 0 Å². The molecule has 0 amide bonds. The zero-order valence-electron chi connectivity index (χ0n) is 9.64. The summed E-state index contributed by atoms with van der Waals surface area (Å²) in [5, 5.41) is 0. The first-order chi connectivity index (χ1) is 7.65. The normalized spacial score (nSPS) is 10.1. The van der Waals surface area contributed by atoms with E-state index in [1.807, 2.05) is 26.1 Å². The van der Waals surface area contributed by atoms with E-state index >= 15 is 0 Å². The van der Waals surface area contributed by atoms with Crippen molar-refractivity contribution in [3.63, 3.8) is 0 Å². The molecule has 0 aliphatic rings. The summed E-state index contributed by atoms with van der Waals surface area (Å²) in [5.41, 5.74) is 7.15. The van der Waals surface area contributed by atoms with Crippen molar-refractivity contribution < 1.29 is 4.74 Å². The third kappa shape index (κ3) is 3.75. The van der Waals surface area contributed by atoms with Crippen LogP contribution in [0.4, 0.5) is 5.69 Å². The first kappa shape index (κ1) is 12.9. The number of hydrogen-bond donors (Lipinski definition) is 1. The molecule has 1 aromatic rings. The molecule has 0 radical (unpaired) electrons. The number of rotatable bonds is 6. The molecule has 0 bridgehead atoms. The SMILES string of the molecule is CCOCCN(C)c1ccc(C(N)=S)nc1. The maximum atomic E-state index is 5.47. The Kier molecular flexibility index (Phi) is 5.14. The Morgan fingerprint density at radius 1 is 1.56 bits per heavy atom. The highest BCUT2D eigenvalue weighted by atomic mass is 32.1. The van der Waals surface area contributed by atoms with E-state index in [0.29, 0.717) is 17.3 Å². The van der Waals surface area contributed by atoms with Gasteiger partial charge in [0, 0.05) is 20.2 Å². The molecule has 5 heteroatoms. The van der Waals surface area contributed by atoms with E-state index in [1.165, 1.54) is 0 Å². The van der Waals surface area contributed by atoms with Crippen LogP contribution in [-0.2, 0) is 4.74 Å². The van der Waals surface area contributed by atoms with Gasteiger partial charge in [-0.1, -0.05) is 12.2 Å². The molecule has 0 aromatic carbocycles. The molecule has 0 fully saturated rings. The topological polar surface area (TPSA) is 51.4 Å². The predicted octanol–water partition coefficient (Wildman–Crippen LogP) is 1.19. The number of ether oxygens (including phenoxy) is 1. The van der Waals surface area contributed by atoms with E-state index in [1.54, 1.807) is 6.20 Å². The van der Waals surface area contributed by atoms with E-state index in [0.717, 1.165) is 18.8 Å². The van der Waals surface area contributed by atoms with Gasteiger partial charge < -0.3 is 15.4 Å². The van der Waals surface area contributed by atoms with Crippen molar-refractivity contribution in [3.8, 4) is 0 Å². The number of pyridine rings is 1. The van der Waals surface area contributed by atoms with Gasteiger partial charge in [-0.05, 0) is 19.1 Å². The van der Waals surface area contributed by atoms with Crippen LogP contribution in [0.3, 0.4) is 0 Å². The molecule has 0 saturated carbocycles. The van der Waals surface area contributed by atoms with Crippen LogP contribution < -0.4 is 10.6 Å². The van der Waals surface area contributed by atoms with Gasteiger partial charge >= 0.3 is 0 Å². The Morgan fingerprint density at radius 3 is 2.81 bits per heavy atom.